The van der Waals surface area contributed by atoms with E-state index in [2.05, 4.69) is 20.7 Å². The number of allylic oxidation sites excluding steroid dienone is 1. The van der Waals surface area contributed by atoms with Crippen LogP contribution >= 0.6 is 11.6 Å². The van der Waals surface area contributed by atoms with Crippen LogP contribution < -0.4 is 15.4 Å². The topological polar surface area (TPSA) is 81.1 Å². The number of hydrogen-bond acceptors (Lipinski definition) is 5. The molecule has 1 aliphatic heterocycles. The van der Waals surface area contributed by atoms with Gasteiger partial charge in [0.25, 0.3) is 11.9 Å². The van der Waals surface area contributed by atoms with Gasteiger partial charge >= 0.3 is 0 Å². The highest BCUT2D eigenvalue weighted by Crippen LogP contribution is 2.33. The second-order valence-electron chi connectivity index (χ2n) is 7.56. The van der Waals surface area contributed by atoms with Gasteiger partial charge in [-0.2, -0.15) is 4.98 Å². The van der Waals surface area contributed by atoms with Crippen LogP contribution in [0.2, 0.25) is 5.02 Å². The molecule has 0 aliphatic carbocycles. The second kappa shape index (κ2) is 9.36. The van der Waals surface area contributed by atoms with Crippen LogP contribution in [0.4, 0.5) is 16.3 Å². The molecule has 1 atom stereocenters. The molecule has 0 radical (unpaired) electrons. The number of hydrogen-bond donors (Lipinski definition) is 2. The zero-order valence-corrected chi connectivity index (χ0v) is 18.5. The van der Waals surface area contributed by atoms with E-state index in [1.165, 1.54) is 12.1 Å². The first-order chi connectivity index (χ1) is 16.5. The molecule has 1 aromatic heterocycles. The van der Waals surface area contributed by atoms with Gasteiger partial charge in [0.2, 0.25) is 5.95 Å². The molecule has 4 aromatic rings. The highest BCUT2D eigenvalue weighted by Gasteiger charge is 2.26. The fraction of sp³-hybridized carbons (Fsp3) is 0.0800. The molecule has 0 saturated heterocycles. The fourth-order valence-electron chi connectivity index (χ4n) is 3.57. The summed E-state index contributed by atoms with van der Waals surface area (Å²) in [5.41, 5.74) is 2.49. The van der Waals surface area contributed by atoms with Crippen molar-refractivity contribution < 1.29 is 13.9 Å². The number of fused-ring (bicyclic) bond motifs is 1. The Morgan fingerprint density at radius 3 is 2.53 bits per heavy atom. The number of aromatic nitrogens is 3. The van der Waals surface area contributed by atoms with Crippen LogP contribution in [0.5, 0.6) is 5.75 Å². The third-order valence-corrected chi connectivity index (χ3v) is 5.45. The maximum Gasteiger partial charge on any atom is 0.264 e. The molecule has 34 heavy (non-hydrogen) atoms. The molecular formula is C25H19ClFN5O2. The van der Waals surface area contributed by atoms with Crippen molar-refractivity contribution in [3.63, 3.8) is 0 Å². The Hall–Kier alpha value is -4.17. The number of para-hydroxylation sites is 1. The molecule has 0 saturated carbocycles. The number of anilines is 2. The monoisotopic (exact) mass is 475 g/mol. The molecule has 1 unspecified atom stereocenters. The minimum absolute atomic E-state index is 0.127. The van der Waals surface area contributed by atoms with E-state index in [0.29, 0.717) is 16.7 Å². The Kier molecular flexibility index (Phi) is 5.97. The van der Waals surface area contributed by atoms with Crippen LogP contribution in [0, 0.1) is 5.82 Å². The van der Waals surface area contributed by atoms with Crippen molar-refractivity contribution in [3.05, 3.63) is 107 Å². The van der Waals surface area contributed by atoms with E-state index in [9.17, 15) is 9.18 Å². The average Bonchev–Trinajstić information content (AvgIpc) is 3.26. The van der Waals surface area contributed by atoms with Crippen LogP contribution in [0.25, 0.3) is 5.70 Å². The van der Waals surface area contributed by atoms with Crippen LogP contribution in [-0.4, -0.2) is 27.3 Å². The molecule has 2 heterocycles. The van der Waals surface area contributed by atoms with Crippen molar-refractivity contribution in [1.82, 2.24) is 14.8 Å². The molecule has 2 N–H and O–H groups in total. The molecule has 3 aromatic carbocycles. The van der Waals surface area contributed by atoms with Crippen molar-refractivity contribution in [3.8, 4) is 5.75 Å². The number of nitrogens with zero attached hydrogens (tertiary/aromatic N) is 3. The van der Waals surface area contributed by atoms with Gasteiger partial charge in [0, 0.05) is 10.7 Å². The Morgan fingerprint density at radius 2 is 1.79 bits per heavy atom. The highest BCUT2D eigenvalue weighted by molar-refractivity contribution is 6.30. The van der Waals surface area contributed by atoms with Gasteiger partial charge in [-0.25, -0.2) is 9.07 Å². The minimum atomic E-state index is -0.393. The zero-order valence-electron chi connectivity index (χ0n) is 17.8. The smallest absolute Gasteiger partial charge is 0.264 e. The molecule has 1 aliphatic rings. The van der Waals surface area contributed by atoms with E-state index in [1.54, 1.807) is 41.1 Å². The summed E-state index contributed by atoms with van der Waals surface area (Å²) in [7, 11) is 0. The van der Waals surface area contributed by atoms with Gasteiger partial charge in [0.15, 0.2) is 6.61 Å². The summed E-state index contributed by atoms with van der Waals surface area (Å²) in [5.74, 6) is 0.425. The molecule has 170 valence electrons. The largest absolute Gasteiger partial charge is 0.484 e. The summed E-state index contributed by atoms with van der Waals surface area (Å²) in [6.45, 7) is -0.184. The Morgan fingerprint density at radius 1 is 1.06 bits per heavy atom. The minimum Gasteiger partial charge on any atom is -0.484 e. The second-order valence-corrected chi connectivity index (χ2v) is 8.00. The Balaban J connectivity index is 1.40. The first-order valence-corrected chi connectivity index (χ1v) is 10.9. The van der Waals surface area contributed by atoms with Gasteiger partial charge in [0.1, 0.15) is 17.6 Å². The molecule has 9 heteroatoms. The van der Waals surface area contributed by atoms with Gasteiger partial charge < -0.3 is 10.1 Å². The van der Waals surface area contributed by atoms with E-state index in [0.717, 1.165) is 16.8 Å². The number of nitrogens with one attached hydrogen (secondary N) is 2. The van der Waals surface area contributed by atoms with Crippen LogP contribution in [0.1, 0.15) is 17.2 Å². The summed E-state index contributed by atoms with van der Waals surface area (Å²) in [6, 6.07) is 22.2. The van der Waals surface area contributed by atoms with E-state index >= 15 is 0 Å². The maximum atomic E-state index is 13.5. The van der Waals surface area contributed by atoms with Crippen LogP contribution in [0.3, 0.4) is 0 Å². The van der Waals surface area contributed by atoms with E-state index in [4.69, 9.17) is 16.3 Å². The van der Waals surface area contributed by atoms with E-state index < -0.39 is 5.91 Å². The number of amides is 1. The number of halogens is 2. The number of ether oxygens (including phenoxy) is 1. The number of rotatable bonds is 6. The van der Waals surface area contributed by atoms with Crippen molar-refractivity contribution in [2.24, 2.45) is 0 Å². The SMILES string of the molecule is O=C(COc1ccccc1)Nc1nc2n(n1)C(c1ccc(F)cc1)C=C(c1ccc(Cl)cc1)N2. The molecule has 1 amide bonds. The van der Waals surface area contributed by atoms with Crippen molar-refractivity contribution >= 4 is 35.1 Å². The predicted molar refractivity (Wildman–Crippen MR) is 128 cm³/mol. The number of carbonyl (C=O) groups is 1. The third kappa shape index (κ3) is 4.77. The molecule has 0 bridgehead atoms. The summed E-state index contributed by atoms with van der Waals surface area (Å²) in [5, 5.41) is 11.0. The lowest BCUT2D eigenvalue weighted by molar-refractivity contribution is -0.118. The lowest BCUT2D eigenvalue weighted by Gasteiger charge is -2.24. The standard InChI is InChI=1S/C25H19ClFN5O2/c26-18-10-6-16(7-11-18)21-14-22(17-8-12-19(27)13-9-17)32-25(28-21)30-24(31-32)29-23(33)15-34-20-4-2-1-3-5-20/h1-14,22H,15H2,(H2,28,29,30,31,33). The van der Waals surface area contributed by atoms with Crippen molar-refractivity contribution in [2.45, 2.75) is 6.04 Å². The van der Waals surface area contributed by atoms with E-state index in [-0.39, 0.29) is 24.4 Å². The number of carbonyl (C=O) groups excluding carboxylic acids is 1. The predicted octanol–water partition coefficient (Wildman–Crippen LogP) is 5.14. The lowest BCUT2D eigenvalue weighted by atomic mass is 10.0. The van der Waals surface area contributed by atoms with Crippen LogP contribution in [0.15, 0.2) is 84.9 Å². The quantitative estimate of drug-likeness (QED) is 0.403. The van der Waals surface area contributed by atoms with E-state index in [1.807, 2.05) is 36.4 Å². The summed E-state index contributed by atoms with van der Waals surface area (Å²) in [4.78, 5) is 16.8. The number of benzene rings is 3. The van der Waals surface area contributed by atoms with Gasteiger partial charge in [-0.1, -0.05) is 54.1 Å². The third-order valence-electron chi connectivity index (χ3n) is 5.20. The molecule has 7 nitrogen and oxygen atoms in total. The summed E-state index contributed by atoms with van der Waals surface area (Å²) in [6.07, 6.45) is 1.96. The first kappa shape index (κ1) is 21.7. The summed E-state index contributed by atoms with van der Waals surface area (Å²) < 4.78 is 20.7. The highest BCUT2D eigenvalue weighted by atomic mass is 35.5. The molecule has 0 spiro atoms. The maximum absolute atomic E-state index is 13.5. The zero-order chi connectivity index (χ0) is 23.5. The Labute approximate surface area is 199 Å². The van der Waals surface area contributed by atoms with Gasteiger partial charge in [-0.05, 0) is 53.6 Å². The molecule has 0 fully saturated rings. The average molecular weight is 476 g/mol. The van der Waals surface area contributed by atoms with Gasteiger partial charge in [0.05, 0.1) is 0 Å². The first-order valence-electron chi connectivity index (χ1n) is 10.5. The van der Waals surface area contributed by atoms with Crippen LogP contribution in [-0.2, 0) is 4.79 Å². The lowest BCUT2D eigenvalue weighted by Crippen LogP contribution is -2.21. The van der Waals surface area contributed by atoms with Crippen molar-refractivity contribution in [1.29, 1.82) is 0 Å². The molecular weight excluding hydrogens is 457 g/mol. The fourth-order valence-corrected chi connectivity index (χ4v) is 3.69. The van der Waals surface area contributed by atoms with Gasteiger partial charge in [-0.15, -0.1) is 5.10 Å². The van der Waals surface area contributed by atoms with Crippen molar-refractivity contribution in [2.75, 3.05) is 17.2 Å². The normalized spacial score (nSPS) is 14.5. The molecule has 5 rings (SSSR count). The Bertz CT molecular complexity index is 1340. The van der Waals surface area contributed by atoms with Gasteiger partial charge in [-0.3, -0.25) is 10.1 Å². The summed E-state index contributed by atoms with van der Waals surface area (Å²) >= 11 is 6.04.